The Morgan fingerprint density at radius 1 is 1.44 bits per heavy atom. The number of aromatic nitrogens is 2. The van der Waals surface area contributed by atoms with Crippen LogP contribution >= 0.6 is 0 Å². The first-order valence-electron chi connectivity index (χ1n) is 5.67. The molecule has 0 aliphatic carbocycles. The molecule has 0 saturated carbocycles. The number of hydrogen-bond donors (Lipinski definition) is 1. The third-order valence-electron chi connectivity index (χ3n) is 3.22. The fourth-order valence-corrected chi connectivity index (χ4v) is 2.42. The molecule has 1 unspecified atom stereocenters. The van der Waals surface area contributed by atoms with E-state index in [-0.39, 0.29) is 0 Å². The Bertz CT molecular complexity index is 476. The third kappa shape index (κ3) is 1.48. The summed E-state index contributed by atoms with van der Waals surface area (Å²) in [5, 5.41) is 0. The summed E-state index contributed by atoms with van der Waals surface area (Å²) < 4.78 is 0. The van der Waals surface area contributed by atoms with Crippen LogP contribution in [0.15, 0.2) is 36.7 Å². The van der Waals surface area contributed by atoms with Gasteiger partial charge in [-0.2, -0.15) is 0 Å². The van der Waals surface area contributed by atoms with Gasteiger partial charge in [0.15, 0.2) is 0 Å². The maximum Gasteiger partial charge on any atom is 0.125 e. The number of benzene rings is 1. The van der Waals surface area contributed by atoms with Gasteiger partial charge in [-0.25, -0.2) is 4.98 Å². The lowest BCUT2D eigenvalue weighted by molar-refractivity contribution is 0.658. The fourth-order valence-electron chi connectivity index (χ4n) is 2.42. The smallest absolute Gasteiger partial charge is 0.125 e. The number of aromatic amines is 1. The number of fused-ring (bicyclic) bond motifs is 1. The van der Waals surface area contributed by atoms with Crippen LogP contribution in [0.1, 0.15) is 18.3 Å². The normalized spacial score (nSPS) is 18.8. The summed E-state index contributed by atoms with van der Waals surface area (Å²) in [6.07, 6.45) is 4.82. The van der Waals surface area contributed by atoms with Gasteiger partial charge in [0.1, 0.15) is 5.82 Å². The lowest BCUT2D eigenvalue weighted by atomic mass is 10.1. The van der Waals surface area contributed by atoms with Crippen LogP contribution < -0.4 is 4.90 Å². The van der Waals surface area contributed by atoms with Gasteiger partial charge < -0.3 is 9.88 Å². The summed E-state index contributed by atoms with van der Waals surface area (Å²) in [4.78, 5) is 9.86. The molecule has 0 amide bonds. The van der Waals surface area contributed by atoms with Crippen molar-refractivity contribution in [2.75, 3.05) is 4.90 Å². The molecule has 0 radical (unpaired) electrons. The van der Waals surface area contributed by atoms with E-state index in [9.17, 15) is 0 Å². The van der Waals surface area contributed by atoms with E-state index < -0.39 is 0 Å². The van der Waals surface area contributed by atoms with Gasteiger partial charge in [0.2, 0.25) is 0 Å². The van der Waals surface area contributed by atoms with Crippen LogP contribution in [0.3, 0.4) is 0 Å². The Morgan fingerprint density at radius 3 is 3.12 bits per heavy atom. The highest BCUT2D eigenvalue weighted by Crippen LogP contribution is 2.32. The fraction of sp³-hybridized carbons (Fsp3) is 0.308. The first-order chi connectivity index (χ1) is 7.84. The van der Waals surface area contributed by atoms with E-state index in [1.165, 1.54) is 11.3 Å². The van der Waals surface area contributed by atoms with Crippen LogP contribution in [0.5, 0.6) is 0 Å². The minimum atomic E-state index is 0.558. The van der Waals surface area contributed by atoms with Crippen LogP contribution in [-0.4, -0.2) is 16.0 Å². The second-order valence-electron chi connectivity index (χ2n) is 4.35. The van der Waals surface area contributed by atoms with E-state index in [0.717, 1.165) is 18.8 Å². The number of H-pyrrole nitrogens is 1. The summed E-state index contributed by atoms with van der Waals surface area (Å²) in [7, 11) is 0. The van der Waals surface area contributed by atoms with E-state index in [4.69, 9.17) is 0 Å². The van der Waals surface area contributed by atoms with E-state index in [1.54, 1.807) is 0 Å². The van der Waals surface area contributed by atoms with Gasteiger partial charge in [-0.1, -0.05) is 18.2 Å². The monoisotopic (exact) mass is 213 g/mol. The summed E-state index contributed by atoms with van der Waals surface area (Å²) >= 11 is 0. The van der Waals surface area contributed by atoms with E-state index >= 15 is 0 Å². The quantitative estimate of drug-likeness (QED) is 0.830. The van der Waals surface area contributed by atoms with Crippen LogP contribution in [0, 0.1) is 0 Å². The molecule has 3 rings (SSSR count). The van der Waals surface area contributed by atoms with Crippen molar-refractivity contribution < 1.29 is 0 Å². The molecule has 1 aromatic carbocycles. The molecule has 16 heavy (non-hydrogen) atoms. The Balaban J connectivity index is 1.90. The molecule has 2 aromatic rings. The molecule has 0 spiro atoms. The van der Waals surface area contributed by atoms with Crippen LogP contribution in [-0.2, 0) is 13.0 Å². The lowest BCUT2D eigenvalue weighted by Crippen LogP contribution is -2.29. The third-order valence-corrected chi connectivity index (χ3v) is 3.22. The highest BCUT2D eigenvalue weighted by atomic mass is 15.2. The minimum absolute atomic E-state index is 0.558. The summed E-state index contributed by atoms with van der Waals surface area (Å²) in [6.45, 7) is 3.13. The maximum absolute atomic E-state index is 4.29. The van der Waals surface area contributed by atoms with Crippen LogP contribution in [0.4, 0.5) is 5.69 Å². The molecule has 3 nitrogen and oxygen atoms in total. The molecule has 1 aliphatic rings. The Morgan fingerprint density at radius 2 is 2.31 bits per heavy atom. The lowest BCUT2D eigenvalue weighted by Gasteiger charge is -2.23. The number of hydrogen-bond acceptors (Lipinski definition) is 2. The maximum atomic E-state index is 4.29. The number of rotatable bonds is 2. The summed E-state index contributed by atoms with van der Waals surface area (Å²) in [5.41, 5.74) is 2.80. The van der Waals surface area contributed by atoms with Gasteiger partial charge >= 0.3 is 0 Å². The topological polar surface area (TPSA) is 31.9 Å². The van der Waals surface area contributed by atoms with Gasteiger partial charge in [-0.05, 0) is 25.0 Å². The molecule has 1 aliphatic heterocycles. The van der Waals surface area contributed by atoms with Gasteiger partial charge in [-0.15, -0.1) is 0 Å². The zero-order valence-electron chi connectivity index (χ0n) is 9.35. The van der Waals surface area contributed by atoms with Crippen molar-refractivity contribution in [1.82, 2.24) is 9.97 Å². The van der Waals surface area contributed by atoms with Gasteiger partial charge in [0.05, 0.1) is 6.54 Å². The first kappa shape index (κ1) is 9.46. The highest BCUT2D eigenvalue weighted by molar-refractivity contribution is 5.59. The molecule has 3 heteroatoms. The average molecular weight is 213 g/mol. The molecule has 1 atom stereocenters. The SMILES string of the molecule is CC1Cc2ccccc2N1Cc1ncc[nH]1. The molecule has 0 fully saturated rings. The van der Waals surface area contributed by atoms with E-state index in [2.05, 4.69) is 46.1 Å². The Kier molecular flexibility index (Phi) is 2.17. The van der Waals surface area contributed by atoms with E-state index in [1.807, 2.05) is 12.4 Å². The highest BCUT2D eigenvalue weighted by Gasteiger charge is 2.25. The van der Waals surface area contributed by atoms with Crippen molar-refractivity contribution >= 4 is 5.69 Å². The molecule has 82 valence electrons. The van der Waals surface area contributed by atoms with Crippen molar-refractivity contribution in [1.29, 1.82) is 0 Å². The largest absolute Gasteiger partial charge is 0.361 e. The number of imidazole rings is 1. The summed E-state index contributed by atoms with van der Waals surface area (Å²) in [5.74, 6) is 1.03. The molecule has 1 N–H and O–H groups in total. The minimum Gasteiger partial charge on any atom is -0.361 e. The molecular formula is C13H15N3. The van der Waals surface area contributed by atoms with Crippen molar-refractivity contribution in [2.45, 2.75) is 25.9 Å². The van der Waals surface area contributed by atoms with Crippen molar-refractivity contribution in [3.8, 4) is 0 Å². The molecule has 2 heterocycles. The first-order valence-corrected chi connectivity index (χ1v) is 5.67. The van der Waals surface area contributed by atoms with E-state index in [0.29, 0.717) is 6.04 Å². The number of nitrogens with zero attached hydrogens (tertiary/aromatic N) is 2. The standard InChI is InChI=1S/C13H15N3/c1-10-8-11-4-2-3-5-12(11)16(10)9-13-14-6-7-15-13/h2-7,10H,8-9H2,1H3,(H,14,15). The molecule has 0 saturated heterocycles. The second-order valence-corrected chi connectivity index (χ2v) is 4.35. The zero-order valence-corrected chi connectivity index (χ0v) is 9.35. The second kappa shape index (κ2) is 3.67. The van der Waals surface area contributed by atoms with Crippen LogP contribution in [0.2, 0.25) is 0 Å². The predicted molar refractivity (Wildman–Crippen MR) is 64.4 cm³/mol. The number of anilines is 1. The molecule has 1 aromatic heterocycles. The number of para-hydroxylation sites is 1. The Labute approximate surface area is 95.1 Å². The number of nitrogens with one attached hydrogen (secondary N) is 1. The Hall–Kier alpha value is -1.77. The van der Waals surface area contributed by atoms with Gasteiger partial charge in [0.25, 0.3) is 0 Å². The van der Waals surface area contributed by atoms with Gasteiger partial charge in [-0.3, -0.25) is 0 Å². The average Bonchev–Trinajstić information content (AvgIpc) is 2.89. The van der Waals surface area contributed by atoms with Crippen molar-refractivity contribution in [3.63, 3.8) is 0 Å². The zero-order chi connectivity index (χ0) is 11.0. The predicted octanol–water partition coefficient (Wildman–Crippen LogP) is 2.36. The van der Waals surface area contributed by atoms with Crippen molar-refractivity contribution in [3.05, 3.63) is 48.0 Å². The van der Waals surface area contributed by atoms with Crippen molar-refractivity contribution in [2.24, 2.45) is 0 Å². The van der Waals surface area contributed by atoms with Crippen LogP contribution in [0.25, 0.3) is 0 Å². The molecular weight excluding hydrogens is 198 g/mol. The van der Waals surface area contributed by atoms with Gasteiger partial charge in [0, 0.05) is 24.1 Å². The summed E-state index contributed by atoms with van der Waals surface area (Å²) in [6, 6.07) is 9.19. The molecule has 0 bridgehead atoms.